The lowest BCUT2D eigenvalue weighted by Crippen LogP contribution is -2.56. The van der Waals surface area contributed by atoms with Gasteiger partial charge in [-0.3, -0.25) is 0 Å². The second-order valence-corrected chi connectivity index (χ2v) is 5.96. The van der Waals surface area contributed by atoms with E-state index in [0.29, 0.717) is 5.56 Å². The molecular formula is C14H16F4. The van der Waals surface area contributed by atoms with Crippen molar-refractivity contribution in [3.63, 3.8) is 0 Å². The highest BCUT2D eigenvalue weighted by molar-refractivity contribution is 5.33. The van der Waals surface area contributed by atoms with E-state index < -0.39 is 24.2 Å². The van der Waals surface area contributed by atoms with E-state index in [1.54, 1.807) is 12.1 Å². The highest BCUT2D eigenvalue weighted by atomic mass is 19.3. The van der Waals surface area contributed by atoms with E-state index in [9.17, 15) is 17.6 Å². The van der Waals surface area contributed by atoms with Crippen molar-refractivity contribution in [2.24, 2.45) is 0 Å². The molecule has 0 unspecified atom stereocenters. The Kier molecular flexibility index (Phi) is 2.76. The summed E-state index contributed by atoms with van der Waals surface area (Å²) >= 11 is 0. The van der Waals surface area contributed by atoms with Gasteiger partial charge in [0.25, 0.3) is 0 Å². The largest absolute Gasteiger partial charge is 0.317 e. The number of alkyl halides is 4. The molecular weight excluding hydrogens is 244 g/mol. The Morgan fingerprint density at radius 2 is 1.50 bits per heavy atom. The van der Waals surface area contributed by atoms with Crippen LogP contribution in [0.15, 0.2) is 24.3 Å². The van der Waals surface area contributed by atoms with Crippen LogP contribution in [0.3, 0.4) is 0 Å². The van der Waals surface area contributed by atoms with Gasteiger partial charge in [0.2, 0.25) is 0 Å². The Balaban J connectivity index is 2.23. The molecule has 0 heterocycles. The summed E-state index contributed by atoms with van der Waals surface area (Å²) < 4.78 is 52.0. The zero-order chi connectivity index (χ0) is 13.8. The second kappa shape index (κ2) is 3.72. The van der Waals surface area contributed by atoms with Crippen molar-refractivity contribution < 1.29 is 17.6 Å². The van der Waals surface area contributed by atoms with Crippen LogP contribution in [0.5, 0.6) is 0 Å². The highest BCUT2D eigenvalue weighted by Gasteiger charge is 2.71. The van der Waals surface area contributed by atoms with Gasteiger partial charge in [-0.05, 0) is 16.5 Å². The smallest absolute Gasteiger partial charge is 0.200 e. The fourth-order valence-corrected chi connectivity index (χ4v) is 2.19. The molecule has 0 radical (unpaired) electrons. The molecule has 1 aromatic carbocycles. The molecule has 1 aliphatic carbocycles. The van der Waals surface area contributed by atoms with Crippen LogP contribution < -0.4 is 0 Å². The molecule has 0 aliphatic heterocycles. The minimum atomic E-state index is -3.92. The van der Waals surface area contributed by atoms with Crippen LogP contribution in [0.4, 0.5) is 17.6 Å². The third kappa shape index (κ3) is 1.91. The van der Waals surface area contributed by atoms with E-state index in [0.717, 1.165) is 5.56 Å². The van der Waals surface area contributed by atoms with Crippen LogP contribution in [-0.4, -0.2) is 11.8 Å². The summed E-state index contributed by atoms with van der Waals surface area (Å²) in [6, 6.07) is 6.55. The number of rotatable bonds is 1. The minimum absolute atomic E-state index is 0.0788. The van der Waals surface area contributed by atoms with Crippen LogP contribution in [0, 0.1) is 0 Å². The molecule has 1 saturated carbocycles. The molecule has 1 aliphatic rings. The molecule has 4 heteroatoms. The Morgan fingerprint density at radius 3 is 1.83 bits per heavy atom. The fourth-order valence-electron chi connectivity index (χ4n) is 2.19. The van der Waals surface area contributed by atoms with Crippen LogP contribution in [0.2, 0.25) is 0 Å². The lowest BCUT2D eigenvalue weighted by atomic mass is 9.72. The maximum absolute atomic E-state index is 13.3. The SMILES string of the molecule is CC(C)(C)c1ccc([C@H]2CC(F)(F)C2(F)F)cc1. The van der Waals surface area contributed by atoms with Gasteiger partial charge in [0.15, 0.2) is 0 Å². The lowest BCUT2D eigenvalue weighted by Gasteiger charge is -2.44. The van der Waals surface area contributed by atoms with Crippen molar-refractivity contribution in [3.8, 4) is 0 Å². The van der Waals surface area contributed by atoms with E-state index in [2.05, 4.69) is 0 Å². The third-order valence-corrected chi connectivity index (χ3v) is 3.56. The first-order valence-electron chi connectivity index (χ1n) is 5.92. The lowest BCUT2D eigenvalue weighted by molar-refractivity contribution is -0.290. The molecule has 100 valence electrons. The predicted octanol–water partition coefficient (Wildman–Crippen LogP) is 4.74. The Morgan fingerprint density at radius 1 is 1.00 bits per heavy atom. The first kappa shape index (κ1) is 13.4. The normalized spacial score (nSPS) is 25.6. The van der Waals surface area contributed by atoms with Gasteiger partial charge in [-0.15, -0.1) is 0 Å². The molecule has 0 bridgehead atoms. The quantitative estimate of drug-likeness (QED) is 0.640. The first-order chi connectivity index (χ1) is 8.06. The van der Waals surface area contributed by atoms with Gasteiger partial charge in [-0.2, -0.15) is 17.6 Å². The Labute approximate surface area is 104 Å². The molecule has 1 fully saturated rings. The summed E-state index contributed by atoms with van der Waals surface area (Å²) in [5.74, 6) is -9.14. The first-order valence-corrected chi connectivity index (χ1v) is 5.92. The van der Waals surface area contributed by atoms with Gasteiger partial charge in [0.1, 0.15) is 0 Å². The van der Waals surface area contributed by atoms with Crippen LogP contribution in [0.25, 0.3) is 0 Å². The van der Waals surface area contributed by atoms with Crippen molar-refractivity contribution >= 4 is 0 Å². The molecule has 0 N–H and O–H groups in total. The molecule has 0 amide bonds. The maximum atomic E-state index is 13.3. The van der Waals surface area contributed by atoms with Crippen LogP contribution in [0.1, 0.15) is 44.2 Å². The van der Waals surface area contributed by atoms with Crippen molar-refractivity contribution in [1.29, 1.82) is 0 Å². The van der Waals surface area contributed by atoms with Gasteiger partial charge in [0.05, 0.1) is 5.92 Å². The molecule has 1 aromatic rings. The molecule has 2 rings (SSSR count). The van der Waals surface area contributed by atoms with Crippen molar-refractivity contribution in [1.82, 2.24) is 0 Å². The van der Waals surface area contributed by atoms with Crippen molar-refractivity contribution in [2.45, 2.75) is 50.4 Å². The number of hydrogen-bond donors (Lipinski definition) is 0. The summed E-state index contributed by atoms with van der Waals surface area (Å²) in [6.45, 7) is 6.02. The van der Waals surface area contributed by atoms with Crippen LogP contribution >= 0.6 is 0 Å². The number of halogens is 4. The van der Waals surface area contributed by atoms with Gasteiger partial charge < -0.3 is 0 Å². The van der Waals surface area contributed by atoms with E-state index in [4.69, 9.17) is 0 Å². The monoisotopic (exact) mass is 260 g/mol. The van der Waals surface area contributed by atoms with Gasteiger partial charge in [-0.25, -0.2) is 0 Å². The third-order valence-electron chi connectivity index (χ3n) is 3.56. The number of benzene rings is 1. The fraction of sp³-hybridized carbons (Fsp3) is 0.571. The zero-order valence-electron chi connectivity index (χ0n) is 10.6. The predicted molar refractivity (Wildman–Crippen MR) is 62.4 cm³/mol. The van der Waals surface area contributed by atoms with E-state index >= 15 is 0 Å². The summed E-state index contributed by atoms with van der Waals surface area (Å²) in [4.78, 5) is 0. The molecule has 0 aromatic heterocycles. The van der Waals surface area contributed by atoms with Crippen molar-refractivity contribution in [3.05, 3.63) is 35.4 Å². The van der Waals surface area contributed by atoms with Gasteiger partial charge in [0, 0.05) is 6.42 Å². The molecule has 0 saturated heterocycles. The van der Waals surface area contributed by atoms with E-state index in [-0.39, 0.29) is 5.41 Å². The van der Waals surface area contributed by atoms with Gasteiger partial charge >= 0.3 is 11.8 Å². The molecule has 0 spiro atoms. The molecule has 0 nitrogen and oxygen atoms in total. The second-order valence-electron chi connectivity index (χ2n) is 5.96. The summed E-state index contributed by atoms with van der Waals surface area (Å²) in [5, 5.41) is 0. The van der Waals surface area contributed by atoms with Crippen LogP contribution in [-0.2, 0) is 5.41 Å². The minimum Gasteiger partial charge on any atom is -0.200 e. The summed E-state index contributed by atoms with van der Waals surface area (Å²) in [7, 11) is 0. The Hall–Kier alpha value is -1.06. The average Bonchev–Trinajstić information content (AvgIpc) is 2.25. The molecule has 18 heavy (non-hydrogen) atoms. The Bertz CT molecular complexity index is 440. The standard InChI is InChI=1S/C14H16F4/c1-12(2,3)10-6-4-9(5-7-10)11-8-13(15,16)14(11,17)18/h4-7,11H,8H2,1-3H3/t11-/m1/s1. The van der Waals surface area contributed by atoms with Crippen molar-refractivity contribution in [2.75, 3.05) is 0 Å². The topological polar surface area (TPSA) is 0 Å². The van der Waals surface area contributed by atoms with E-state index in [1.165, 1.54) is 12.1 Å². The number of hydrogen-bond acceptors (Lipinski definition) is 0. The maximum Gasteiger partial charge on any atom is 0.317 e. The highest BCUT2D eigenvalue weighted by Crippen LogP contribution is 2.59. The summed E-state index contributed by atoms with van der Waals surface area (Å²) in [5.41, 5.74) is 1.21. The zero-order valence-corrected chi connectivity index (χ0v) is 10.6. The molecule has 1 atom stereocenters. The van der Waals surface area contributed by atoms with Gasteiger partial charge in [-0.1, -0.05) is 45.0 Å². The average molecular weight is 260 g/mol. The van der Waals surface area contributed by atoms with E-state index in [1.807, 2.05) is 20.8 Å². The summed E-state index contributed by atoms with van der Waals surface area (Å²) in [6.07, 6.45) is -0.769.